The fraction of sp³-hybridized carbons (Fsp3) is 0.320. The van der Waals surface area contributed by atoms with Gasteiger partial charge in [-0.25, -0.2) is 0 Å². The average Bonchev–Trinajstić information content (AvgIpc) is 3.38. The van der Waals surface area contributed by atoms with Gasteiger partial charge in [0.2, 0.25) is 4.96 Å². The van der Waals surface area contributed by atoms with E-state index >= 15 is 0 Å². The standard InChI is InChI=1S/C25H27N3O4S/c1-4-5-6-7-14-32-19-11-9-18(10-12-19)23-26-25-28(27-23)24(29)22(33-25)16-17-8-13-20(30-2)21(15-17)31-3/h8-13,15-16H,4-7,14H2,1-3H3. The zero-order chi connectivity index (χ0) is 23.2. The van der Waals surface area contributed by atoms with Crippen molar-refractivity contribution in [1.82, 2.24) is 14.6 Å². The maximum absolute atomic E-state index is 12.9. The van der Waals surface area contributed by atoms with Crippen molar-refractivity contribution in [2.45, 2.75) is 32.6 Å². The molecule has 0 saturated heterocycles. The van der Waals surface area contributed by atoms with Crippen LogP contribution in [0.25, 0.3) is 22.4 Å². The van der Waals surface area contributed by atoms with Crippen LogP contribution in [0.15, 0.2) is 47.3 Å². The molecule has 2 aromatic heterocycles. The number of nitrogens with zero attached hydrogens (tertiary/aromatic N) is 3. The minimum atomic E-state index is -0.199. The van der Waals surface area contributed by atoms with E-state index in [-0.39, 0.29) is 5.56 Å². The van der Waals surface area contributed by atoms with Crippen molar-refractivity contribution in [3.05, 3.63) is 62.9 Å². The third-order valence-corrected chi connectivity index (χ3v) is 6.23. The molecule has 0 radical (unpaired) electrons. The Morgan fingerprint density at radius 2 is 1.79 bits per heavy atom. The summed E-state index contributed by atoms with van der Waals surface area (Å²) in [6, 6.07) is 13.2. The SMILES string of the molecule is CCCCCCOc1ccc(-c2nc3sc(=Cc4ccc(OC)c(OC)c4)c(=O)n3n2)cc1. The molecule has 0 atom stereocenters. The largest absolute Gasteiger partial charge is 0.494 e. The van der Waals surface area contributed by atoms with Crippen molar-refractivity contribution < 1.29 is 14.2 Å². The van der Waals surface area contributed by atoms with E-state index in [1.54, 1.807) is 20.3 Å². The first-order valence-corrected chi connectivity index (χ1v) is 11.8. The Kier molecular flexibility index (Phi) is 7.24. The van der Waals surface area contributed by atoms with E-state index in [1.807, 2.05) is 42.5 Å². The number of fused-ring (bicyclic) bond motifs is 1. The van der Waals surface area contributed by atoms with E-state index in [0.717, 1.165) is 29.9 Å². The normalized spacial score (nSPS) is 11.8. The molecule has 0 saturated carbocycles. The highest BCUT2D eigenvalue weighted by Gasteiger charge is 2.12. The molecule has 4 rings (SSSR count). The minimum absolute atomic E-state index is 0.199. The monoisotopic (exact) mass is 465 g/mol. The molecule has 7 nitrogen and oxygen atoms in total. The number of methoxy groups -OCH3 is 2. The first-order valence-electron chi connectivity index (χ1n) is 11.0. The van der Waals surface area contributed by atoms with E-state index in [1.165, 1.54) is 35.1 Å². The van der Waals surface area contributed by atoms with Gasteiger partial charge in [0.1, 0.15) is 5.75 Å². The molecule has 0 aliphatic rings. The van der Waals surface area contributed by atoms with Crippen molar-refractivity contribution in [3.63, 3.8) is 0 Å². The second-order valence-electron chi connectivity index (χ2n) is 7.59. The molecule has 2 heterocycles. The van der Waals surface area contributed by atoms with Crippen molar-refractivity contribution in [2.75, 3.05) is 20.8 Å². The van der Waals surface area contributed by atoms with Gasteiger partial charge in [0.05, 0.1) is 25.4 Å². The molecular weight excluding hydrogens is 438 g/mol. The molecule has 33 heavy (non-hydrogen) atoms. The summed E-state index contributed by atoms with van der Waals surface area (Å²) in [6.07, 6.45) is 6.50. The fourth-order valence-electron chi connectivity index (χ4n) is 3.47. The maximum atomic E-state index is 12.9. The number of rotatable bonds is 10. The van der Waals surface area contributed by atoms with Crippen molar-refractivity contribution in [1.29, 1.82) is 0 Å². The number of thiazole rings is 1. The van der Waals surface area contributed by atoms with Gasteiger partial charge in [-0.3, -0.25) is 4.79 Å². The van der Waals surface area contributed by atoms with Gasteiger partial charge in [0, 0.05) is 5.56 Å². The lowest BCUT2D eigenvalue weighted by Gasteiger charge is -2.07. The third-order valence-electron chi connectivity index (χ3n) is 5.27. The quantitative estimate of drug-likeness (QED) is 0.324. The van der Waals surface area contributed by atoms with Crippen molar-refractivity contribution in [2.24, 2.45) is 0 Å². The Bertz CT molecular complexity index is 1330. The molecule has 172 valence electrons. The van der Waals surface area contributed by atoms with Crippen LogP contribution in [0.2, 0.25) is 0 Å². The Hall–Kier alpha value is -3.39. The number of benzene rings is 2. The van der Waals surface area contributed by atoms with Crippen LogP contribution in [0.4, 0.5) is 0 Å². The summed E-state index contributed by atoms with van der Waals surface area (Å²) in [5.41, 5.74) is 1.48. The lowest BCUT2D eigenvalue weighted by Crippen LogP contribution is -2.23. The van der Waals surface area contributed by atoms with Crippen LogP contribution in [0.1, 0.15) is 38.2 Å². The lowest BCUT2D eigenvalue weighted by molar-refractivity contribution is 0.305. The predicted molar refractivity (Wildman–Crippen MR) is 131 cm³/mol. The summed E-state index contributed by atoms with van der Waals surface area (Å²) in [5.74, 6) is 2.59. The number of hydrogen-bond donors (Lipinski definition) is 0. The van der Waals surface area contributed by atoms with Crippen molar-refractivity contribution in [3.8, 4) is 28.6 Å². The van der Waals surface area contributed by atoms with Gasteiger partial charge < -0.3 is 14.2 Å². The highest BCUT2D eigenvalue weighted by atomic mass is 32.1. The molecule has 0 aliphatic heterocycles. The Labute approximate surface area is 196 Å². The summed E-state index contributed by atoms with van der Waals surface area (Å²) in [4.78, 5) is 18.0. The van der Waals surface area contributed by atoms with Gasteiger partial charge in [0.15, 0.2) is 17.3 Å². The fourth-order valence-corrected chi connectivity index (χ4v) is 4.38. The van der Waals surface area contributed by atoms with Crippen LogP contribution in [0.3, 0.4) is 0 Å². The second kappa shape index (κ2) is 10.5. The Morgan fingerprint density at radius 1 is 1.00 bits per heavy atom. The van der Waals surface area contributed by atoms with Crippen LogP contribution in [0, 0.1) is 0 Å². The van der Waals surface area contributed by atoms with E-state index in [0.29, 0.717) is 26.8 Å². The maximum Gasteiger partial charge on any atom is 0.291 e. The number of aromatic nitrogens is 3. The van der Waals surface area contributed by atoms with Crippen LogP contribution in [0.5, 0.6) is 17.2 Å². The van der Waals surface area contributed by atoms with Crippen LogP contribution >= 0.6 is 11.3 Å². The first-order chi connectivity index (χ1) is 16.1. The second-order valence-corrected chi connectivity index (χ2v) is 8.60. The minimum Gasteiger partial charge on any atom is -0.494 e. The van der Waals surface area contributed by atoms with E-state index < -0.39 is 0 Å². The molecule has 0 aliphatic carbocycles. The van der Waals surface area contributed by atoms with Gasteiger partial charge in [-0.2, -0.15) is 9.50 Å². The molecule has 2 aromatic carbocycles. The third kappa shape index (κ3) is 5.17. The summed E-state index contributed by atoms with van der Waals surface area (Å²) in [6.45, 7) is 2.91. The highest BCUT2D eigenvalue weighted by molar-refractivity contribution is 7.15. The summed E-state index contributed by atoms with van der Waals surface area (Å²) in [7, 11) is 3.17. The Balaban J connectivity index is 1.52. The molecule has 8 heteroatoms. The zero-order valence-electron chi connectivity index (χ0n) is 19.0. The van der Waals surface area contributed by atoms with Crippen LogP contribution in [-0.2, 0) is 0 Å². The molecule has 0 spiro atoms. The number of ether oxygens (including phenoxy) is 3. The zero-order valence-corrected chi connectivity index (χ0v) is 19.9. The average molecular weight is 466 g/mol. The molecular formula is C25H27N3O4S. The van der Waals surface area contributed by atoms with Gasteiger partial charge >= 0.3 is 0 Å². The van der Waals surface area contributed by atoms with E-state index in [9.17, 15) is 4.79 Å². The van der Waals surface area contributed by atoms with E-state index in [2.05, 4.69) is 17.0 Å². The van der Waals surface area contributed by atoms with Gasteiger partial charge in [-0.1, -0.05) is 43.6 Å². The molecule has 0 fully saturated rings. The van der Waals surface area contributed by atoms with Crippen LogP contribution < -0.4 is 24.3 Å². The lowest BCUT2D eigenvalue weighted by atomic mass is 10.2. The number of unbranched alkanes of at least 4 members (excludes halogenated alkanes) is 3. The summed E-state index contributed by atoms with van der Waals surface area (Å²) < 4.78 is 18.3. The van der Waals surface area contributed by atoms with Gasteiger partial charge in [-0.15, -0.1) is 5.10 Å². The Morgan fingerprint density at radius 3 is 2.48 bits per heavy atom. The summed E-state index contributed by atoms with van der Waals surface area (Å²) >= 11 is 1.30. The molecule has 0 unspecified atom stereocenters. The van der Waals surface area contributed by atoms with Crippen molar-refractivity contribution >= 4 is 22.4 Å². The summed E-state index contributed by atoms with van der Waals surface area (Å²) in [5, 5.41) is 4.43. The first kappa shape index (κ1) is 22.8. The highest BCUT2D eigenvalue weighted by Crippen LogP contribution is 2.27. The predicted octanol–water partition coefficient (Wildman–Crippen LogP) is 4.34. The molecule has 0 N–H and O–H groups in total. The van der Waals surface area contributed by atoms with Crippen LogP contribution in [-0.4, -0.2) is 35.4 Å². The smallest absolute Gasteiger partial charge is 0.291 e. The van der Waals surface area contributed by atoms with Gasteiger partial charge in [0.25, 0.3) is 5.56 Å². The van der Waals surface area contributed by atoms with Gasteiger partial charge in [-0.05, 0) is 54.5 Å². The molecule has 0 bridgehead atoms. The number of hydrogen-bond acceptors (Lipinski definition) is 7. The van der Waals surface area contributed by atoms with E-state index in [4.69, 9.17) is 14.2 Å². The molecule has 4 aromatic rings. The molecule has 0 amide bonds. The topological polar surface area (TPSA) is 75.0 Å².